The third-order valence-corrected chi connectivity index (χ3v) is 6.35. The van der Waals surface area contributed by atoms with E-state index in [1.54, 1.807) is 35.9 Å². The average molecular weight is 427 g/mol. The van der Waals surface area contributed by atoms with Gasteiger partial charge in [0, 0.05) is 41.0 Å². The van der Waals surface area contributed by atoms with E-state index in [0.717, 1.165) is 19.3 Å². The molecule has 5 rings (SSSR count). The molecule has 0 radical (unpaired) electrons. The zero-order chi connectivity index (χ0) is 22.0. The maximum atomic E-state index is 14.4. The highest BCUT2D eigenvalue weighted by molar-refractivity contribution is 5.93. The largest absolute Gasteiger partial charge is 0.425 e. The van der Waals surface area contributed by atoms with E-state index >= 15 is 0 Å². The van der Waals surface area contributed by atoms with Crippen LogP contribution in [-0.4, -0.2) is 31.5 Å². The second-order valence-electron chi connectivity index (χ2n) is 8.18. The van der Waals surface area contributed by atoms with E-state index in [2.05, 4.69) is 5.10 Å². The molecule has 0 bridgehead atoms. The molecule has 2 aromatic carbocycles. The number of hydrogen-bond acceptors (Lipinski definition) is 3. The van der Waals surface area contributed by atoms with Crippen molar-refractivity contribution in [3.8, 4) is 0 Å². The SMILES string of the molecule is Cn1cc(C(O)(c2ccc3c(cnn3C(=O)C3CCC3)c2)C(F)(F)F)c2ccccc21. The van der Waals surface area contributed by atoms with Crippen LogP contribution in [-0.2, 0) is 12.6 Å². The van der Waals surface area contributed by atoms with Crippen molar-refractivity contribution in [2.45, 2.75) is 31.0 Å². The maximum Gasteiger partial charge on any atom is 0.425 e. The third-order valence-electron chi connectivity index (χ3n) is 6.35. The number of carbonyl (C=O) groups excluding carboxylic acids is 1. The van der Waals surface area contributed by atoms with Crippen LogP contribution in [0.3, 0.4) is 0 Å². The molecule has 1 N–H and O–H groups in total. The molecule has 2 heterocycles. The van der Waals surface area contributed by atoms with Gasteiger partial charge in [0.15, 0.2) is 0 Å². The normalized spacial score (nSPS) is 17.1. The number of fused-ring (bicyclic) bond motifs is 2. The lowest BCUT2D eigenvalue weighted by molar-refractivity contribution is -0.247. The number of aliphatic hydroxyl groups is 1. The summed E-state index contributed by atoms with van der Waals surface area (Å²) in [5.74, 6) is -0.236. The molecule has 1 aliphatic rings. The Kier molecular flexibility index (Phi) is 4.27. The molecular formula is C23H20F3N3O2. The fourth-order valence-electron chi connectivity index (χ4n) is 4.36. The van der Waals surface area contributed by atoms with Gasteiger partial charge in [0.05, 0.1) is 11.7 Å². The van der Waals surface area contributed by atoms with E-state index < -0.39 is 11.8 Å². The van der Waals surface area contributed by atoms with Gasteiger partial charge in [-0.15, -0.1) is 0 Å². The lowest BCUT2D eigenvalue weighted by Crippen LogP contribution is -2.43. The van der Waals surface area contributed by atoms with E-state index in [1.807, 2.05) is 0 Å². The van der Waals surface area contributed by atoms with Crippen LogP contribution < -0.4 is 0 Å². The summed E-state index contributed by atoms with van der Waals surface area (Å²) in [6.45, 7) is 0. The number of alkyl halides is 3. The average Bonchev–Trinajstić information content (AvgIpc) is 3.26. The van der Waals surface area contributed by atoms with Gasteiger partial charge in [0.1, 0.15) is 0 Å². The highest BCUT2D eigenvalue weighted by Crippen LogP contribution is 2.47. The smallest absolute Gasteiger partial charge is 0.372 e. The van der Waals surface area contributed by atoms with Crippen LogP contribution in [0.25, 0.3) is 21.8 Å². The van der Waals surface area contributed by atoms with Crippen molar-refractivity contribution in [3.05, 3.63) is 66.0 Å². The highest BCUT2D eigenvalue weighted by Gasteiger charge is 2.57. The number of aromatic nitrogens is 3. The molecule has 0 saturated heterocycles. The molecule has 1 unspecified atom stereocenters. The van der Waals surface area contributed by atoms with Crippen molar-refractivity contribution < 1.29 is 23.1 Å². The van der Waals surface area contributed by atoms with Gasteiger partial charge in [-0.05, 0) is 36.6 Å². The van der Waals surface area contributed by atoms with Crippen LogP contribution in [0.4, 0.5) is 13.2 Å². The summed E-state index contributed by atoms with van der Waals surface area (Å²) in [6, 6.07) is 10.6. The monoisotopic (exact) mass is 427 g/mol. The van der Waals surface area contributed by atoms with Gasteiger partial charge in [-0.25, -0.2) is 0 Å². The van der Waals surface area contributed by atoms with Crippen molar-refractivity contribution in [1.29, 1.82) is 0 Å². The molecule has 160 valence electrons. The Balaban J connectivity index is 1.68. The van der Waals surface area contributed by atoms with Gasteiger partial charge in [-0.3, -0.25) is 4.79 Å². The number of hydrogen-bond donors (Lipinski definition) is 1. The van der Waals surface area contributed by atoms with E-state index in [-0.39, 0.29) is 23.0 Å². The Morgan fingerprint density at radius 2 is 1.87 bits per heavy atom. The summed E-state index contributed by atoms with van der Waals surface area (Å²) >= 11 is 0. The predicted molar refractivity (Wildman–Crippen MR) is 110 cm³/mol. The first-order chi connectivity index (χ1) is 14.7. The Hall–Kier alpha value is -3.13. The van der Waals surface area contributed by atoms with Gasteiger partial charge in [0.25, 0.3) is 5.91 Å². The van der Waals surface area contributed by atoms with Gasteiger partial charge in [-0.1, -0.05) is 30.7 Å². The minimum Gasteiger partial charge on any atom is -0.372 e. The quantitative estimate of drug-likeness (QED) is 0.513. The summed E-state index contributed by atoms with van der Waals surface area (Å²) in [5.41, 5.74) is -2.76. The van der Waals surface area contributed by atoms with E-state index in [1.165, 1.54) is 35.3 Å². The first-order valence-corrected chi connectivity index (χ1v) is 10.1. The minimum atomic E-state index is -4.97. The number of rotatable bonds is 3. The predicted octanol–water partition coefficient (Wildman–Crippen LogP) is 4.77. The Labute approximate surface area is 175 Å². The fraction of sp³-hybridized carbons (Fsp3) is 0.304. The molecule has 1 fully saturated rings. The summed E-state index contributed by atoms with van der Waals surface area (Å²) in [6.07, 6.45) is 0.299. The summed E-state index contributed by atoms with van der Waals surface area (Å²) in [4.78, 5) is 12.6. The molecule has 0 aliphatic heterocycles. The van der Waals surface area contributed by atoms with E-state index in [4.69, 9.17) is 0 Å². The van der Waals surface area contributed by atoms with Crippen molar-refractivity contribution in [3.63, 3.8) is 0 Å². The first kappa shape index (κ1) is 19.8. The second kappa shape index (κ2) is 6.68. The lowest BCUT2D eigenvalue weighted by atomic mass is 9.84. The van der Waals surface area contributed by atoms with Crippen LogP contribution in [0.15, 0.2) is 54.9 Å². The molecule has 1 aliphatic carbocycles. The van der Waals surface area contributed by atoms with Crippen LogP contribution in [0.1, 0.15) is 35.2 Å². The topological polar surface area (TPSA) is 60.0 Å². The molecular weight excluding hydrogens is 407 g/mol. The van der Waals surface area contributed by atoms with E-state index in [0.29, 0.717) is 21.8 Å². The molecule has 2 aromatic heterocycles. The van der Waals surface area contributed by atoms with Crippen molar-refractivity contribution >= 4 is 27.7 Å². The standard InChI is InChI=1S/C23H20F3N3O2/c1-28-13-18(17-7-2-3-8-20(17)28)22(31,23(24,25)26)16-9-10-19-15(11-16)12-27-29(19)21(30)14-5-4-6-14/h2-3,7-14,31H,4-6H2,1H3. The van der Waals surface area contributed by atoms with Gasteiger partial charge >= 0.3 is 6.18 Å². The zero-order valence-corrected chi connectivity index (χ0v) is 16.7. The fourth-order valence-corrected chi connectivity index (χ4v) is 4.36. The molecule has 1 saturated carbocycles. The Morgan fingerprint density at radius 1 is 1.13 bits per heavy atom. The summed E-state index contributed by atoms with van der Waals surface area (Å²) in [5, 5.41) is 16.0. The molecule has 0 amide bonds. The van der Waals surface area contributed by atoms with Crippen LogP contribution >= 0.6 is 0 Å². The number of carbonyl (C=O) groups is 1. The maximum absolute atomic E-state index is 14.4. The molecule has 4 aromatic rings. The van der Waals surface area contributed by atoms with E-state index in [9.17, 15) is 23.1 Å². The van der Waals surface area contributed by atoms with Gasteiger partial charge in [0.2, 0.25) is 5.60 Å². The highest BCUT2D eigenvalue weighted by atomic mass is 19.4. The van der Waals surface area contributed by atoms with Crippen LogP contribution in [0.5, 0.6) is 0 Å². The summed E-state index contributed by atoms with van der Waals surface area (Å²) in [7, 11) is 1.64. The van der Waals surface area contributed by atoms with Gasteiger partial charge < -0.3 is 9.67 Å². The third kappa shape index (κ3) is 2.81. The van der Waals surface area contributed by atoms with Crippen molar-refractivity contribution in [1.82, 2.24) is 14.3 Å². The first-order valence-electron chi connectivity index (χ1n) is 10.1. The van der Waals surface area contributed by atoms with Crippen molar-refractivity contribution in [2.75, 3.05) is 0 Å². The summed E-state index contributed by atoms with van der Waals surface area (Å²) < 4.78 is 45.9. The zero-order valence-electron chi connectivity index (χ0n) is 16.7. The van der Waals surface area contributed by atoms with Gasteiger partial charge in [-0.2, -0.15) is 23.0 Å². The van der Waals surface area contributed by atoms with Crippen LogP contribution in [0, 0.1) is 5.92 Å². The Bertz CT molecular complexity index is 1320. The number of benzene rings is 2. The molecule has 0 spiro atoms. The number of para-hydroxylation sites is 1. The van der Waals surface area contributed by atoms with Crippen LogP contribution in [0.2, 0.25) is 0 Å². The molecule has 5 nitrogen and oxygen atoms in total. The molecule has 31 heavy (non-hydrogen) atoms. The van der Waals surface area contributed by atoms with Crippen molar-refractivity contribution in [2.24, 2.45) is 13.0 Å². The number of aryl methyl sites for hydroxylation is 1. The minimum absolute atomic E-state index is 0.0921. The lowest BCUT2D eigenvalue weighted by Gasteiger charge is -2.31. The second-order valence-corrected chi connectivity index (χ2v) is 8.18. The molecule has 1 atom stereocenters. The number of halogens is 3. The molecule has 8 heteroatoms. The Morgan fingerprint density at radius 3 is 2.55 bits per heavy atom. The number of nitrogens with zero attached hydrogens (tertiary/aromatic N) is 3.